The van der Waals surface area contributed by atoms with Gasteiger partial charge < -0.3 is 18.6 Å². The second kappa shape index (κ2) is 7.48. The van der Waals surface area contributed by atoms with E-state index in [4.69, 9.17) is 9.15 Å². The number of furan rings is 1. The van der Waals surface area contributed by atoms with E-state index < -0.39 is 0 Å². The fraction of sp³-hybridized carbons (Fsp3) is 0.381. The lowest BCUT2D eigenvalue weighted by molar-refractivity contribution is 0.0604. The van der Waals surface area contributed by atoms with Crippen LogP contribution in [0.2, 0.25) is 0 Å². The van der Waals surface area contributed by atoms with Crippen LogP contribution >= 0.6 is 0 Å². The van der Waals surface area contributed by atoms with Gasteiger partial charge in [-0.1, -0.05) is 0 Å². The Labute approximate surface area is 158 Å². The molecule has 1 fully saturated rings. The zero-order chi connectivity index (χ0) is 18.8. The predicted octanol–water partition coefficient (Wildman–Crippen LogP) is 3.01. The van der Waals surface area contributed by atoms with Crippen LogP contribution < -0.4 is 4.74 Å². The number of aryl methyl sites for hydroxylation is 1. The number of carbonyl (C=O) groups excluding carboxylic acids is 1. The van der Waals surface area contributed by atoms with Gasteiger partial charge in [0.1, 0.15) is 11.3 Å². The first-order valence-electron chi connectivity index (χ1n) is 9.35. The molecule has 0 radical (unpaired) electrons. The van der Waals surface area contributed by atoms with Crippen LogP contribution in [0.1, 0.15) is 16.1 Å². The van der Waals surface area contributed by atoms with Gasteiger partial charge in [-0.3, -0.25) is 9.69 Å². The average molecular weight is 367 g/mol. The van der Waals surface area contributed by atoms with Gasteiger partial charge in [0.2, 0.25) is 0 Å². The van der Waals surface area contributed by atoms with E-state index in [1.165, 1.54) is 0 Å². The van der Waals surface area contributed by atoms with E-state index >= 15 is 0 Å². The number of nitrogens with zero attached hydrogens (tertiary/aromatic N) is 3. The number of piperazine rings is 1. The fourth-order valence-electron chi connectivity index (χ4n) is 3.63. The summed E-state index contributed by atoms with van der Waals surface area (Å²) in [5.41, 5.74) is 1.59. The lowest BCUT2D eigenvalue weighted by atomic mass is 10.1. The van der Waals surface area contributed by atoms with Gasteiger partial charge in [-0.05, 0) is 31.2 Å². The Morgan fingerprint density at radius 1 is 1.11 bits per heavy atom. The van der Waals surface area contributed by atoms with E-state index in [9.17, 15) is 4.79 Å². The highest BCUT2D eigenvalue weighted by molar-refractivity contribution is 5.99. The highest BCUT2D eigenvalue weighted by Crippen LogP contribution is 2.29. The Morgan fingerprint density at radius 2 is 1.85 bits per heavy atom. The maximum Gasteiger partial charge on any atom is 0.289 e. The molecule has 0 bridgehead atoms. The van der Waals surface area contributed by atoms with Crippen LogP contribution in [0.25, 0.3) is 11.0 Å². The quantitative estimate of drug-likeness (QED) is 0.696. The molecule has 1 aromatic carbocycles. The van der Waals surface area contributed by atoms with Gasteiger partial charge in [-0.2, -0.15) is 0 Å². The Bertz CT molecular complexity index is 922. The summed E-state index contributed by atoms with van der Waals surface area (Å²) in [6.07, 6.45) is 4.16. The van der Waals surface area contributed by atoms with Crippen molar-refractivity contribution in [1.29, 1.82) is 0 Å². The second-order valence-electron chi connectivity index (χ2n) is 6.97. The molecule has 4 rings (SSSR count). The molecule has 142 valence electrons. The predicted molar refractivity (Wildman–Crippen MR) is 104 cm³/mol. The minimum atomic E-state index is -0.0206. The van der Waals surface area contributed by atoms with Crippen LogP contribution in [0.4, 0.5) is 0 Å². The number of hydrogen-bond acceptors (Lipinski definition) is 4. The van der Waals surface area contributed by atoms with Crippen molar-refractivity contribution in [2.75, 3.05) is 39.8 Å². The number of aromatic nitrogens is 1. The molecule has 1 aliphatic heterocycles. The average Bonchev–Trinajstić information content (AvgIpc) is 3.34. The molecule has 27 heavy (non-hydrogen) atoms. The van der Waals surface area contributed by atoms with Crippen molar-refractivity contribution in [1.82, 2.24) is 14.4 Å². The summed E-state index contributed by atoms with van der Waals surface area (Å²) in [5.74, 6) is 1.15. The molecule has 0 saturated carbocycles. The van der Waals surface area contributed by atoms with Gasteiger partial charge in [0, 0.05) is 68.7 Å². The molecule has 1 saturated heterocycles. The van der Waals surface area contributed by atoms with Gasteiger partial charge in [0.05, 0.1) is 7.11 Å². The van der Waals surface area contributed by atoms with Gasteiger partial charge in [-0.15, -0.1) is 0 Å². The Balaban J connectivity index is 1.40. The maximum atomic E-state index is 13.0. The Hall–Kier alpha value is -2.73. The molecule has 3 heterocycles. The number of rotatable bonds is 5. The molecule has 1 amide bonds. The van der Waals surface area contributed by atoms with Crippen LogP contribution in [-0.2, 0) is 6.54 Å². The Kier molecular flexibility index (Phi) is 4.90. The van der Waals surface area contributed by atoms with E-state index in [1.807, 2.05) is 42.2 Å². The number of ether oxygens (including phenoxy) is 1. The topological polar surface area (TPSA) is 50.9 Å². The van der Waals surface area contributed by atoms with Crippen molar-refractivity contribution < 1.29 is 13.9 Å². The van der Waals surface area contributed by atoms with E-state index in [-0.39, 0.29) is 5.91 Å². The van der Waals surface area contributed by atoms with Gasteiger partial charge in [0.15, 0.2) is 5.76 Å². The SMILES string of the molecule is COc1ccc2c(C)c(C(=O)N3CCN(CCn4cccc4)CC3)oc2c1. The number of carbonyl (C=O) groups is 1. The summed E-state index contributed by atoms with van der Waals surface area (Å²) in [5, 5.41) is 0.963. The van der Waals surface area contributed by atoms with Crippen molar-refractivity contribution in [3.05, 3.63) is 54.0 Å². The number of benzene rings is 1. The zero-order valence-electron chi connectivity index (χ0n) is 15.9. The fourth-order valence-corrected chi connectivity index (χ4v) is 3.63. The minimum Gasteiger partial charge on any atom is -0.497 e. The minimum absolute atomic E-state index is 0.0206. The van der Waals surface area contributed by atoms with Gasteiger partial charge in [0.25, 0.3) is 5.91 Å². The third-order valence-corrected chi connectivity index (χ3v) is 5.34. The third-order valence-electron chi connectivity index (χ3n) is 5.34. The largest absolute Gasteiger partial charge is 0.497 e. The molecule has 0 spiro atoms. The second-order valence-corrected chi connectivity index (χ2v) is 6.97. The van der Waals surface area contributed by atoms with Crippen molar-refractivity contribution in [3.8, 4) is 5.75 Å². The van der Waals surface area contributed by atoms with Crippen LogP contribution in [0, 0.1) is 6.92 Å². The van der Waals surface area contributed by atoms with Crippen LogP contribution in [0.3, 0.4) is 0 Å². The number of fused-ring (bicyclic) bond motifs is 1. The normalized spacial score (nSPS) is 15.4. The summed E-state index contributed by atoms with van der Waals surface area (Å²) in [6.45, 7) is 7.15. The molecule has 0 aliphatic carbocycles. The van der Waals surface area contributed by atoms with Crippen LogP contribution in [0.5, 0.6) is 5.75 Å². The summed E-state index contributed by atoms with van der Waals surface area (Å²) >= 11 is 0. The van der Waals surface area contributed by atoms with Crippen LogP contribution in [-0.4, -0.2) is 60.1 Å². The molecular formula is C21H25N3O3. The summed E-state index contributed by atoms with van der Waals surface area (Å²) in [4.78, 5) is 17.3. The highest BCUT2D eigenvalue weighted by atomic mass is 16.5. The molecule has 1 aliphatic rings. The first-order chi connectivity index (χ1) is 13.2. The van der Waals surface area contributed by atoms with E-state index in [1.54, 1.807) is 7.11 Å². The zero-order valence-corrected chi connectivity index (χ0v) is 15.9. The van der Waals surface area contributed by atoms with E-state index in [0.717, 1.165) is 56.0 Å². The molecule has 6 nitrogen and oxygen atoms in total. The number of methoxy groups -OCH3 is 1. The molecule has 0 atom stereocenters. The van der Waals surface area contributed by atoms with Gasteiger partial charge >= 0.3 is 0 Å². The first kappa shape index (κ1) is 17.7. The number of hydrogen-bond donors (Lipinski definition) is 0. The summed E-state index contributed by atoms with van der Waals surface area (Å²) < 4.78 is 13.3. The first-order valence-corrected chi connectivity index (χ1v) is 9.35. The molecule has 2 aromatic heterocycles. The molecule has 0 unspecified atom stereocenters. The monoisotopic (exact) mass is 367 g/mol. The van der Waals surface area contributed by atoms with E-state index in [2.05, 4.69) is 21.9 Å². The molecular weight excluding hydrogens is 342 g/mol. The lowest BCUT2D eigenvalue weighted by Crippen LogP contribution is -2.49. The lowest BCUT2D eigenvalue weighted by Gasteiger charge is -2.34. The summed E-state index contributed by atoms with van der Waals surface area (Å²) in [6, 6.07) is 9.76. The van der Waals surface area contributed by atoms with Crippen molar-refractivity contribution in [3.63, 3.8) is 0 Å². The summed E-state index contributed by atoms with van der Waals surface area (Å²) in [7, 11) is 1.62. The molecule has 3 aromatic rings. The highest BCUT2D eigenvalue weighted by Gasteiger charge is 2.26. The van der Waals surface area contributed by atoms with E-state index in [0.29, 0.717) is 11.3 Å². The van der Waals surface area contributed by atoms with Crippen molar-refractivity contribution in [2.24, 2.45) is 0 Å². The Morgan fingerprint density at radius 3 is 2.56 bits per heavy atom. The number of amides is 1. The maximum absolute atomic E-state index is 13.0. The molecule has 6 heteroatoms. The van der Waals surface area contributed by atoms with Crippen molar-refractivity contribution in [2.45, 2.75) is 13.5 Å². The van der Waals surface area contributed by atoms with Crippen molar-refractivity contribution >= 4 is 16.9 Å². The smallest absolute Gasteiger partial charge is 0.289 e. The third kappa shape index (κ3) is 3.57. The van der Waals surface area contributed by atoms with Crippen LogP contribution in [0.15, 0.2) is 47.1 Å². The van der Waals surface area contributed by atoms with Gasteiger partial charge in [-0.25, -0.2) is 0 Å². The molecule has 0 N–H and O–H groups in total. The standard InChI is InChI=1S/C21H25N3O3/c1-16-18-6-5-17(26-2)15-19(18)27-20(16)21(25)24-13-11-23(12-14-24)10-9-22-7-3-4-8-22/h3-8,15H,9-14H2,1-2H3.